The highest BCUT2D eigenvalue weighted by Gasteiger charge is 2.25. The summed E-state index contributed by atoms with van der Waals surface area (Å²) in [5.74, 6) is 1.72. The second-order valence-corrected chi connectivity index (χ2v) is 6.76. The lowest BCUT2D eigenvalue weighted by Gasteiger charge is -2.17. The molecular weight excluding hydrogens is 290 g/mol. The van der Waals surface area contributed by atoms with Gasteiger partial charge in [-0.25, -0.2) is 13.4 Å². The molecule has 0 saturated carbocycles. The monoisotopic (exact) mass is 309 g/mol. The number of hydrogen-bond acceptors (Lipinski definition) is 5. The molecule has 0 aliphatic carbocycles. The van der Waals surface area contributed by atoms with Crippen LogP contribution in [0.1, 0.15) is 11.5 Å². The van der Waals surface area contributed by atoms with Gasteiger partial charge < -0.3 is 9.73 Å². The van der Waals surface area contributed by atoms with Crippen LogP contribution >= 0.6 is 0 Å². The van der Waals surface area contributed by atoms with Crippen LogP contribution in [0.2, 0.25) is 0 Å². The van der Waals surface area contributed by atoms with Gasteiger partial charge in [0, 0.05) is 26.3 Å². The van der Waals surface area contributed by atoms with Crippen LogP contribution in [0.15, 0.2) is 39.8 Å². The highest BCUT2D eigenvalue weighted by molar-refractivity contribution is 7.89. The van der Waals surface area contributed by atoms with Gasteiger partial charge in [-0.15, -0.1) is 0 Å². The highest BCUT2D eigenvalue weighted by Crippen LogP contribution is 2.22. The van der Waals surface area contributed by atoms with Gasteiger partial charge in [0.05, 0.1) is 0 Å². The van der Waals surface area contributed by atoms with Crippen LogP contribution in [-0.2, 0) is 10.0 Å². The van der Waals surface area contributed by atoms with Crippen molar-refractivity contribution in [2.24, 2.45) is 0 Å². The van der Waals surface area contributed by atoms with E-state index in [2.05, 4.69) is 10.3 Å². The van der Waals surface area contributed by atoms with Crippen LogP contribution in [0, 0.1) is 13.8 Å². The summed E-state index contributed by atoms with van der Waals surface area (Å²) in [6.45, 7) is 4.19. The zero-order valence-corrected chi connectivity index (χ0v) is 13.1. The molecule has 21 heavy (non-hydrogen) atoms. The van der Waals surface area contributed by atoms with Crippen LogP contribution in [0.5, 0.6) is 0 Å². The SMILES string of the molecule is Cc1cc(S(=O)(=O)N(C)CCNc2ccccn2)c(C)o1. The van der Waals surface area contributed by atoms with E-state index in [-0.39, 0.29) is 4.90 Å². The number of nitrogens with one attached hydrogen (secondary N) is 1. The smallest absolute Gasteiger partial charge is 0.246 e. The lowest BCUT2D eigenvalue weighted by atomic mass is 10.4. The maximum absolute atomic E-state index is 12.4. The number of aryl methyl sites for hydroxylation is 2. The average molecular weight is 309 g/mol. The second kappa shape index (κ2) is 6.28. The molecule has 0 unspecified atom stereocenters. The van der Waals surface area contributed by atoms with Gasteiger partial charge in [0.25, 0.3) is 0 Å². The van der Waals surface area contributed by atoms with Crippen LogP contribution < -0.4 is 5.32 Å². The lowest BCUT2D eigenvalue weighted by molar-refractivity contribution is 0.470. The van der Waals surface area contributed by atoms with Crippen molar-refractivity contribution in [3.8, 4) is 0 Å². The maximum atomic E-state index is 12.4. The number of hydrogen-bond donors (Lipinski definition) is 1. The van der Waals surface area contributed by atoms with E-state index in [0.29, 0.717) is 24.6 Å². The standard InChI is InChI=1S/C14H19N3O3S/c1-11-10-13(12(2)20-11)21(18,19)17(3)9-8-16-14-6-4-5-7-15-14/h4-7,10H,8-9H2,1-3H3,(H,15,16). The zero-order chi connectivity index (χ0) is 15.5. The summed E-state index contributed by atoms with van der Waals surface area (Å²) >= 11 is 0. The Bertz CT molecular complexity index is 696. The summed E-state index contributed by atoms with van der Waals surface area (Å²) in [5.41, 5.74) is 0. The molecule has 0 fully saturated rings. The Labute approximate surface area is 124 Å². The third-order valence-electron chi connectivity index (χ3n) is 3.08. The Kier molecular flexibility index (Phi) is 4.64. The van der Waals surface area contributed by atoms with E-state index in [1.807, 2.05) is 18.2 Å². The van der Waals surface area contributed by atoms with Crippen molar-refractivity contribution in [2.75, 3.05) is 25.5 Å². The van der Waals surface area contributed by atoms with Crippen LogP contribution in [0.25, 0.3) is 0 Å². The Hall–Kier alpha value is -1.86. The zero-order valence-electron chi connectivity index (χ0n) is 12.3. The molecular formula is C14H19N3O3S. The molecule has 6 nitrogen and oxygen atoms in total. The van der Waals surface area contributed by atoms with Gasteiger partial charge in [0.1, 0.15) is 22.2 Å². The molecule has 0 amide bonds. The minimum atomic E-state index is -3.52. The molecule has 0 aliphatic heterocycles. The lowest BCUT2D eigenvalue weighted by Crippen LogP contribution is -2.31. The van der Waals surface area contributed by atoms with Gasteiger partial charge in [0.2, 0.25) is 10.0 Å². The third kappa shape index (κ3) is 3.62. The Morgan fingerprint density at radius 2 is 2.10 bits per heavy atom. The number of rotatable bonds is 6. The fourth-order valence-corrected chi connectivity index (χ4v) is 3.35. The molecule has 114 valence electrons. The predicted molar refractivity (Wildman–Crippen MR) is 80.7 cm³/mol. The summed E-state index contributed by atoms with van der Waals surface area (Å²) in [5, 5.41) is 3.08. The molecule has 7 heteroatoms. The fraction of sp³-hybridized carbons (Fsp3) is 0.357. The first kappa shape index (κ1) is 15.5. The Morgan fingerprint density at radius 3 is 2.67 bits per heavy atom. The van der Waals surface area contributed by atoms with E-state index in [9.17, 15) is 8.42 Å². The molecule has 0 saturated heterocycles. The minimum Gasteiger partial charge on any atom is -0.465 e. The fourth-order valence-electron chi connectivity index (χ4n) is 1.96. The van der Waals surface area contributed by atoms with Gasteiger partial charge >= 0.3 is 0 Å². The van der Waals surface area contributed by atoms with Crippen molar-refractivity contribution < 1.29 is 12.8 Å². The van der Waals surface area contributed by atoms with Gasteiger partial charge in [-0.2, -0.15) is 4.31 Å². The first-order valence-electron chi connectivity index (χ1n) is 6.59. The molecule has 0 aromatic carbocycles. The van der Waals surface area contributed by atoms with Crippen LogP contribution in [-0.4, -0.2) is 37.8 Å². The van der Waals surface area contributed by atoms with Crippen molar-refractivity contribution in [3.63, 3.8) is 0 Å². The highest BCUT2D eigenvalue weighted by atomic mass is 32.2. The van der Waals surface area contributed by atoms with E-state index in [0.717, 1.165) is 5.82 Å². The molecule has 0 spiro atoms. The maximum Gasteiger partial charge on any atom is 0.246 e. The van der Waals surface area contributed by atoms with Crippen molar-refractivity contribution in [1.29, 1.82) is 0 Å². The molecule has 2 rings (SSSR count). The Balaban J connectivity index is 1.99. The van der Waals surface area contributed by atoms with Crippen molar-refractivity contribution >= 4 is 15.8 Å². The van der Waals surface area contributed by atoms with Crippen molar-refractivity contribution in [3.05, 3.63) is 42.0 Å². The molecule has 0 atom stereocenters. The van der Waals surface area contributed by atoms with E-state index in [4.69, 9.17) is 4.42 Å². The Morgan fingerprint density at radius 1 is 1.33 bits per heavy atom. The van der Waals surface area contributed by atoms with Crippen LogP contribution in [0.4, 0.5) is 5.82 Å². The van der Waals surface area contributed by atoms with E-state index >= 15 is 0 Å². The number of anilines is 1. The van der Waals surface area contributed by atoms with Gasteiger partial charge in [-0.3, -0.25) is 0 Å². The first-order valence-corrected chi connectivity index (χ1v) is 8.03. The number of nitrogens with zero attached hydrogens (tertiary/aromatic N) is 2. The molecule has 2 aromatic rings. The summed E-state index contributed by atoms with van der Waals surface area (Å²) in [6, 6.07) is 7.07. The van der Waals surface area contributed by atoms with E-state index < -0.39 is 10.0 Å². The summed E-state index contributed by atoms with van der Waals surface area (Å²) in [6.07, 6.45) is 1.68. The molecule has 0 bridgehead atoms. The largest absolute Gasteiger partial charge is 0.465 e. The normalized spacial score (nSPS) is 11.8. The topological polar surface area (TPSA) is 75.4 Å². The summed E-state index contributed by atoms with van der Waals surface area (Å²) in [7, 11) is -1.97. The summed E-state index contributed by atoms with van der Waals surface area (Å²) < 4.78 is 31.5. The van der Waals surface area contributed by atoms with Crippen LogP contribution in [0.3, 0.4) is 0 Å². The molecule has 0 aliphatic rings. The van der Waals surface area contributed by atoms with E-state index in [1.165, 1.54) is 4.31 Å². The molecule has 2 aromatic heterocycles. The number of furan rings is 1. The van der Waals surface area contributed by atoms with Gasteiger partial charge in [-0.05, 0) is 32.0 Å². The van der Waals surface area contributed by atoms with E-state index in [1.54, 1.807) is 33.2 Å². The van der Waals surface area contributed by atoms with Crippen molar-refractivity contribution in [2.45, 2.75) is 18.7 Å². The number of aromatic nitrogens is 1. The predicted octanol–water partition coefficient (Wildman–Crippen LogP) is 2.02. The number of pyridine rings is 1. The minimum absolute atomic E-state index is 0.223. The van der Waals surface area contributed by atoms with Gasteiger partial charge in [-0.1, -0.05) is 6.07 Å². The molecule has 1 N–H and O–H groups in total. The first-order chi connectivity index (χ1) is 9.91. The summed E-state index contributed by atoms with van der Waals surface area (Å²) in [4.78, 5) is 4.34. The second-order valence-electron chi connectivity index (χ2n) is 4.75. The molecule has 0 radical (unpaired) electrons. The molecule has 2 heterocycles. The quantitative estimate of drug-likeness (QED) is 0.883. The number of sulfonamides is 1. The van der Waals surface area contributed by atoms with Gasteiger partial charge in [0.15, 0.2) is 0 Å². The van der Waals surface area contributed by atoms with Crippen molar-refractivity contribution in [1.82, 2.24) is 9.29 Å². The average Bonchev–Trinajstić information content (AvgIpc) is 2.79. The number of likely N-dealkylation sites (N-methyl/N-ethyl adjacent to an activating group) is 1. The third-order valence-corrected chi connectivity index (χ3v) is 5.05.